The summed E-state index contributed by atoms with van der Waals surface area (Å²) < 4.78 is 5.56. The first-order valence-electron chi connectivity index (χ1n) is 9.65. The van der Waals surface area contributed by atoms with Gasteiger partial charge in [0.15, 0.2) is 6.10 Å². The van der Waals surface area contributed by atoms with Crippen LogP contribution in [0.4, 0.5) is 11.4 Å². The number of fused-ring (bicyclic) bond motifs is 4. The lowest BCUT2D eigenvalue weighted by molar-refractivity contribution is -0.122. The smallest absolute Gasteiger partial charge is 0.265 e. The molecular formula is C22H21N3O3. The highest BCUT2D eigenvalue weighted by Crippen LogP contribution is 2.33. The molecule has 2 aromatic carbocycles. The second-order valence-electron chi connectivity index (χ2n) is 7.43. The van der Waals surface area contributed by atoms with Gasteiger partial charge in [0, 0.05) is 16.8 Å². The largest absolute Gasteiger partial charge is 0.479 e. The highest BCUT2D eigenvalue weighted by atomic mass is 16.5. The van der Waals surface area contributed by atoms with Crippen molar-refractivity contribution in [3.05, 3.63) is 53.2 Å². The van der Waals surface area contributed by atoms with Crippen LogP contribution < -0.4 is 15.4 Å². The van der Waals surface area contributed by atoms with E-state index in [2.05, 4.69) is 21.7 Å². The SMILES string of the molecule is CC1Oc2ccc(NC(=O)c3cccc4c5c([nH]c34)CCCC5)cc2NC1=O. The van der Waals surface area contributed by atoms with E-state index in [1.54, 1.807) is 25.1 Å². The number of H-pyrrole nitrogens is 1. The molecule has 28 heavy (non-hydrogen) atoms. The Morgan fingerprint density at radius 2 is 2.04 bits per heavy atom. The average molecular weight is 375 g/mol. The lowest BCUT2D eigenvalue weighted by Crippen LogP contribution is -2.34. The Hall–Kier alpha value is -3.28. The number of aryl methyl sites for hydroxylation is 2. The Morgan fingerprint density at radius 1 is 1.18 bits per heavy atom. The van der Waals surface area contributed by atoms with Gasteiger partial charge in [0.2, 0.25) is 0 Å². The molecule has 2 heterocycles. The van der Waals surface area contributed by atoms with Crippen LogP contribution in [0.3, 0.4) is 0 Å². The van der Waals surface area contributed by atoms with Crippen molar-refractivity contribution >= 4 is 34.1 Å². The number of ether oxygens (including phenoxy) is 1. The van der Waals surface area contributed by atoms with Crippen molar-refractivity contribution in [3.8, 4) is 5.75 Å². The molecule has 3 N–H and O–H groups in total. The summed E-state index contributed by atoms with van der Waals surface area (Å²) in [6.07, 6.45) is 3.95. The molecule has 6 nitrogen and oxygen atoms in total. The number of para-hydroxylation sites is 1. The molecule has 1 atom stereocenters. The second kappa shape index (κ2) is 6.41. The molecule has 142 valence electrons. The number of hydrogen-bond acceptors (Lipinski definition) is 3. The minimum atomic E-state index is -0.524. The molecule has 3 aromatic rings. The van der Waals surface area contributed by atoms with Crippen molar-refractivity contribution in [2.45, 2.75) is 38.7 Å². The van der Waals surface area contributed by atoms with E-state index >= 15 is 0 Å². The number of amides is 2. The summed E-state index contributed by atoms with van der Waals surface area (Å²) in [6.45, 7) is 1.70. The van der Waals surface area contributed by atoms with Gasteiger partial charge in [-0.05, 0) is 62.4 Å². The zero-order valence-electron chi connectivity index (χ0n) is 15.6. The molecule has 0 saturated heterocycles. The minimum absolute atomic E-state index is 0.180. The van der Waals surface area contributed by atoms with E-state index in [1.807, 2.05) is 12.1 Å². The molecule has 1 aromatic heterocycles. The minimum Gasteiger partial charge on any atom is -0.479 e. The van der Waals surface area contributed by atoms with E-state index in [4.69, 9.17) is 4.74 Å². The van der Waals surface area contributed by atoms with Crippen LogP contribution in [0.25, 0.3) is 10.9 Å². The highest BCUT2D eigenvalue weighted by Gasteiger charge is 2.24. The Kier molecular flexibility index (Phi) is 3.86. The molecule has 0 radical (unpaired) electrons. The summed E-state index contributed by atoms with van der Waals surface area (Å²) in [5, 5.41) is 6.89. The topological polar surface area (TPSA) is 83.2 Å². The summed E-state index contributed by atoms with van der Waals surface area (Å²) >= 11 is 0. The number of hydrogen-bond donors (Lipinski definition) is 3. The monoisotopic (exact) mass is 375 g/mol. The third-order valence-corrected chi connectivity index (χ3v) is 5.55. The lowest BCUT2D eigenvalue weighted by Gasteiger charge is -2.23. The van der Waals surface area contributed by atoms with Crippen molar-refractivity contribution in [1.29, 1.82) is 0 Å². The zero-order valence-corrected chi connectivity index (χ0v) is 15.6. The molecule has 5 rings (SSSR count). The number of aromatic nitrogens is 1. The molecular weight excluding hydrogens is 354 g/mol. The quantitative estimate of drug-likeness (QED) is 0.633. The van der Waals surface area contributed by atoms with Crippen molar-refractivity contribution < 1.29 is 14.3 Å². The summed E-state index contributed by atoms with van der Waals surface area (Å²) in [6, 6.07) is 11.1. The molecule has 0 bridgehead atoms. The van der Waals surface area contributed by atoms with Crippen molar-refractivity contribution in [2.24, 2.45) is 0 Å². The number of aromatic amines is 1. The summed E-state index contributed by atoms with van der Waals surface area (Å²) in [5.41, 5.74) is 5.29. The Balaban J connectivity index is 1.46. The fraction of sp³-hybridized carbons (Fsp3) is 0.273. The van der Waals surface area contributed by atoms with Crippen LogP contribution in [0, 0.1) is 0 Å². The molecule has 1 unspecified atom stereocenters. The molecule has 0 saturated carbocycles. The first-order valence-corrected chi connectivity index (χ1v) is 9.65. The zero-order chi connectivity index (χ0) is 19.3. The number of carbonyl (C=O) groups excluding carboxylic acids is 2. The van der Waals surface area contributed by atoms with Crippen LogP contribution in [0.15, 0.2) is 36.4 Å². The van der Waals surface area contributed by atoms with Crippen LogP contribution in [0.5, 0.6) is 5.75 Å². The molecule has 0 spiro atoms. The Bertz CT molecular complexity index is 1120. The highest BCUT2D eigenvalue weighted by molar-refractivity contribution is 6.13. The predicted molar refractivity (Wildman–Crippen MR) is 108 cm³/mol. The maximum Gasteiger partial charge on any atom is 0.265 e. The van der Waals surface area contributed by atoms with E-state index in [1.165, 1.54) is 24.1 Å². The van der Waals surface area contributed by atoms with Crippen molar-refractivity contribution in [3.63, 3.8) is 0 Å². The molecule has 1 aliphatic carbocycles. The standard InChI is InChI=1S/C22H21N3O3/c1-12-21(26)25-18-11-13(9-10-19(18)28-12)23-22(27)16-7-4-6-15-14-5-2-3-8-17(14)24-20(15)16/h4,6-7,9-12,24H,2-3,5,8H2,1H3,(H,23,27)(H,25,26). The van der Waals surface area contributed by atoms with Crippen LogP contribution in [0.1, 0.15) is 41.4 Å². The van der Waals surface area contributed by atoms with Gasteiger partial charge in [-0.15, -0.1) is 0 Å². The van der Waals surface area contributed by atoms with Gasteiger partial charge in [-0.25, -0.2) is 0 Å². The van der Waals surface area contributed by atoms with Gasteiger partial charge in [-0.3, -0.25) is 9.59 Å². The van der Waals surface area contributed by atoms with Gasteiger partial charge < -0.3 is 20.4 Å². The first-order chi connectivity index (χ1) is 13.6. The lowest BCUT2D eigenvalue weighted by atomic mass is 9.95. The van der Waals surface area contributed by atoms with E-state index in [-0.39, 0.29) is 11.8 Å². The summed E-state index contributed by atoms with van der Waals surface area (Å²) in [7, 11) is 0. The summed E-state index contributed by atoms with van der Waals surface area (Å²) in [4.78, 5) is 28.3. The first kappa shape index (κ1) is 16.9. The number of carbonyl (C=O) groups is 2. The fourth-order valence-electron chi connectivity index (χ4n) is 4.10. The third kappa shape index (κ3) is 2.72. The van der Waals surface area contributed by atoms with Gasteiger partial charge in [-0.2, -0.15) is 0 Å². The normalized spacial score (nSPS) is 18.0. The molecule has 0 fully saturated rings. The molecule has 2 aliphatic rings. The van der Waals surface area contributed by atoms with Crippen LogP contribution in [-0.4, -0.2) is 22.9 Å². The number of rotatable bonds is 2. The predicted octanol–water partition coefficient (Wildman–Crippen LogP) is 4.02. The number of benzene rings is 2. The van der Waals surface area contributed by atoms with E-state index in [0.717, 1.165) is 23.7 Å². The molecule has 1 aliphatic heterocycles. The second-order valence-corrected chi connectivity index (χ2v) is 7.43. The van der Waals surface area contributed by atoms with Gasteiger partial charge >= 0.3 is 0 Å². The van der Waals surface area contributed by atoms with Gasteiger partial charge in [0.25, 0.3) is 11.8 Å². The summed E-state index contributed by atoms with van der Waals surface area (Å²) in [5.74, 6) is 0.225. The van der Waals surface area contributed by atoms with E-state index in [9.17, 15) is 9.59 Å². The van der Waals surface area contributed by atoms with Crippen molar-refractivity contribution in [2.75, 3.05) is 10.6 Å². The average Bonchev–Trinajstić information content (AvgIpc) is 3.08. The Morgan fingerprint density at radius 3 is 2.93 bits per heavy atom. The number of anilines is 2. The fourth-order valence-corrected chi connectivity index (χ4v) is 4.10. The maximum atomic E-state index is 13.0. The Labute approximate surface area is 162 Å². The number of nitrogens with one attached hydrogen (secondary N) is 3. The molecule has 2 amide bonds. The maximum absolute atomic E-state index is 13.0. The molecule has 6 heteroatoms. The third-order valence-electron chi connectivity index (χ3n) is 5.55. The van der Waals surface area contributed by atoms with Crippen LogP contribution in [0.2, 0.25) is 0 Å². The van der Waals surface area contributed by atoms with E-state index < -0.39 is 6.10 Å². The van der Waals surface area contributed by atoms with Gasteiger partial charge in [0.1, 0.15) is 5.75 Å². The van der Waals surface area contributed by atoms with Gasteiger partial charge in [0.05, 0.1) is 16.8 Å². The van der Waals surface area contributed by atoms with Crippen LogP contribution >= 0.6 is 0 Å². The van der Waals surface area contributed by atoms with Crippen molar-refractivity contribution in [1.82, 2.24) is 4.98 Å². The van der Waals surface area contributed by atoms with Crippen LogP contribution in [-0.2, 0) is 17.6 Å². The van der Waals surface area contributed by atoms with Gasteiger partial charge in [-0.1, -0.05) is 12.1 Å². The van der Waals surface area contributed by atoms with E-state index in [0.29, 0.717) is 22.7 Å².